The Hall–Kier alpha value is -13.3. The first kappa shape index (κ1) is 106. The maximum absolute atomic E-state index is 12.3. The molecule has 6 aliphatic heterocycles. The third-order valence-electron chi connectivity index (χ3n) is 26.4. The molecule has 6 fully saturated rings. The van der Waals surface area contributed by atoms with Crippen molar-refractivity contribution in [3.05, 3.63) is 144 Å². The highest BCUT2D eigenvalue weighted by molar-refractivity contribution is 6.33. The van der Waals surface area contributed by atoms with Crippen molar-refractivity contribution in [3.8, 4) is 70.1 Å². The van der Waals surface area contributed by atoms with Crippen LogP contribution < -0.4 is 41.7 Å². The molecule has 750 valence electrons. The number of rotatable bonds is 13. The van der Waals surface area contributed by atoms with E-state index < -0.39 is 17.3 Å². The van der Waals surface area contributed by atoms with Crippen LogP contribution in [0.5, 0.6) is 0 Å². The third-order valence-corrected chi connectivity index (χ3v) is 26.6. The molecule has 0 unspecified atom stereocenters. The molecule has 142 heavy (non-hydrogen) atoms. The highest BCUT2D eigenvalue weighted by Gasteiger charge is 2.38. The number of aldehydes is 1. The molecule has 18 rings (SSSR count). The van der Waals surface area contributed by atoms with Gasteiger partial charge < -0.3 is 83.5 Å². The molecule has 35 nitrogen and oxygen atoms in total. The summed E-state index contributed by atoms with van der Waals surface area (Å²) in [4.78, 5) is 77.9. The number of hydrogen-bond donors (Lipinski definition) is 5. The van der Waals surface area contributed by atoms with E-state index in [1.54, 1.807) is 26.8 Å². The van der Waals surface area contributed by atoms with Gasteiger partial charge in [-0.25, -0.2) is 29.5 Å². The van der Waals surface area contributed by atoms with Crippen LogP contribution in [0.25, 0.3) is 89.4 Å². The maximum atomic E-state index is 12.3. The molecule has 0 radical (unpaired) electrons. The first-order valence-corrected chi connectivity index (χ1v) is 49.4. The SMILES string of the molecule is C[C@@H]1C[C@H](NC(=O)OC(C)(C)C)CCN1.Cc1cc(C#N)c2nc(Cl)c(-c3nc(C)no3)c(C)c2c1.Cc1cc(C#N)c2nc(N3CC[C@@H](N)C[C@H]3C)c(-c3nc(C)no3)c(C)c2c1.Cc1cc(C#N)c2nc(N3CC[C@@H](NC(=O)OC(C)(C)C)C[C@H]3C)c(-c3nc(C)no3)c(C)c2c1.Cc1cc(C#N)c2nc(N3CC[C@@H](NCC4CCOCC4)C[C@H]3C)c(-c3nc(C)no3)c(C)c2c1.O=CC1CCOCC1. The Kier molecular flexibility index (Phi) is 34.8. The quantitative estimate of drug-likeness (QED) is 0.0528. The zero-order valence-corrected chi connectivity index (χ0v) is 86.5. The van der Waals surface area contributed by atoms with Crippen LogP contribution in [0.3, 0.4) is 0 Å². The highest BCUT2D eigenvalue weighted by atomic mass is 35.5. The topological polar surface area (TPSA) is 474 Å². The minimum Gasteiger partial charge on any atom is -0.444 e. The van der Waals surface area contributed by atoms with Crippen molar-refractivity contribution in [2.75, 3.05) is 73.9 Å². The van der Waals surface area contributed by atoms with Gasteiger partial charge in [-0.1, -0.05) is 32.2 Å². The van der Waals surface area contributed by atoms with Gasteiger partial charge in [0, 0.05) is 122 Å². The van der Waals surface area contributed by atoms with Gasteiger partial charge in [-0.15, -0.1) is 0 Å². The van der Waals surface area contributed by atoms with Crippen LogP contribution in [0.4, 0.5) is 27.0 Å². The van der Waals surface area contributed by atoms with Crippen molar-refractivity contribution in [1.29, 1.82) is 21.0 Å². The number of halogens is 1. The minimum absolute atomic E-state index is 0.0101. The summed E-state index contributed by atoms with van der Waals surface area (Å²) in [5.74, 6) is 7.25. The molecule has 6 saturated heterocycles. The number of nitriles is 4. The molecule has 8 aromatic heterocycles. The zero-order valence-electron chi connectivity index (χ0n) is 85.8. The van der Waals surface area contributed by atoms with E-state index >= 15 is 0 Å². The minimum atomic E-state index is -0.545. The molecule has 0 saturated carbocycles. The average molecular weight is 1950 g/mol. The molecule has 6 aliphatic rings. The maximum Gasteiger partial charge on any atom is 0.407 e. The number of ether oxygens (including phenoxy) is 4. The lowest BCUT2D eigenvalue weighted by atomic mass is 9.94. The van der Waals surface area contributed by atoms with Gasteiger partial charge in [-0.05, 0) is 341 Å². The van der Waals surface area contributed by atoms with E-state index in [1.165, 1.54) is 0 Å². The Morgan fingerprint density at radius 3 is 1.11 bits per heavy atom. The second-order valence-electron chi connectivity index (χ2n) is 40.4. The number of carbonyl (C=O) groups excluding carboxylic acids is 3. The Morgan fingerprint density at radius 1 is 0.451 bits per heavy atom. The number of aromatic nitrogens is 12. The molecule has 2 amide bonds. The molecule has 0 aliphatic carbocycles. The number of alkyl carbamates (subject to hydrolysis) is 2. The van der Waals surface area contributed by atoms with Gasteiger partial charge >= 0.3 is 12.2 Å². The van der Waals surface area contributed by atoms with E-state index in [9.17, 15) is 35.4 Å². The molecule has 36 heteroatoms. The lowest BCUT2D eigenvalue weighted by Crippen LogP contribution is -2.50. The molecular formula is C106H133ClN24O11. The summed E-state index contributed by atoms with van der Waals surface area (Å²) in [6.45, 7) is 50.5. The van der Waals surface area contributed by atoms with Crippen molar-refractivity contribution in [2.24, 2.45) is 17.6 Å². The van der Waals surface area contributed by atoms with E-state index in [4.69, 9.17) is 69.3 Å². The summed E-state index contributed by atoms with van der Waals surface area (Å²) >= 11 is 6.27. The van der Waals surface area contributed by atoms with Gasteiger partial charge in [0.1, 0.15) is 64.4 Å². The number of benzene rings is 4. The third kappa shape index (κ3) is 26.2. The van der Waals surface area contributed by atoms with Crippen molar-refractivity contribution >= 4 is 91.1 Å². The van der Waals surface area contributed by atoms with Crippen LogP contribution in [0.1, 0.15) is 236 Å². The summed E-state index contributed by atoms with van der Waals surface area (Å²) in [7, 11) is 0. The van der Waals surface area contributed by atoms with Crippen LogP contribution in [0.2, 0.25) is 5.15 Å². The smallest absolute Gasteiger partial charge is 0.407 e. The normalized spacial score (nSPS) is 19.5. The Balaban J connectivity index is 0.000000150. The van der Waals surface area contributed by atoms with Crippen LogP contribution in [-0.2, 0) is 23.7 Å². The van der Waals surface area contributed by atoms with Gasteiger partial charge in [-0.3, -0.25) is 0 Å². The Bertz CT molecular complexity index is 6730. The fourth-order valence-electron chi connectivity index (χ4n) is 19.3. The lowest BCUT2D eigenvalue weighted by Gasteiger charge is -2.40. The van der Waals surface area contributed by atoms with Crippen molar-refractivity contribution in [1.82, 2.24) is 81.8 Å². The summed E-state index contributed by atoms with van der Waals surface area (Å²) in [6.07, 6.45) is 11.7. The number of piperidine rings is 4. The summed E-state index contributed by atoms with van der Waals surface area (Å²) in [6, 6.07) is 26.6. The van der Waals surface area contributed by atoms with Gasteiger partial charge in [0.15, 0.2) is 23.3 Å². The monoisotopic (exact) mass is 1950 g/mol. The van der Waals surface area contributed by atoms with E-state index in [0.29, 0.717) is 122 Å². The lowest BCUT2D eigenvalue weighted by molar-refractivity contribution is -0.113. The average Bonchev–Trinajstić information content (AvgIpc) is 1.43. The Labute approximate surface area is 834 Å². The van der Waals surface area contributed by atoms with Crippen molar-refractivity contribution in [3.63, 3.8) is 0 Å². The van der Waals surface area contributed by atoms with Crippen LogP contribution in [0.15, 0.2) is 66.6 Å². The van der Waals surface area contributed by atoms with Gasteiger partial charge in [-0.2, -0.15) is 41.0 Å². The molecule has 6 N–H and O–H groups in total. The zero-order chi connectivity index (χ0) is 102. The number of aryl methyl sites for hydroxylation is 12. The second-order valence-corrected chi connectivity index (χ2v) is 40.7. The fraction of sp³-hybridized carbons (Fsp3) is 0.519. The van der Waals surface area contributed by atoms with Crippen molar-refractivity contribution in [2.45, 2.75) is 289 Å². The predicted octanol–water partition coefficient (Wildman–Crippen LogP) is 18.8. The van der Waals surface area contributed by atoms with E-state index in [1.807, 2.05) is 127 Å². The molecule has 14 heterocycles. The number of carbonyl (C=O) groups is 3. The fourth-order valence-corrected chi connectivity index (χ4v) is 19.6. The second kappa shape index (κ2) is 46.6. The number of anilines is 3. The molecule has 0 bridgehead atoms. The largest absolute Gasteiger partial charge is 0.444 e. The number of nitrogens with two attached hydrogens (primary N) is 1. The number of nitrogens with one attached hydrogen (secondary N) is 4. The van der Waals surface area contributed by atoms with E-state index in [0.717, 1.165) is 236 Å². The van der Waals surface area contributed by atoms with Gasteiger partial charge in [0.05, 0.1) is 66.6 Å². The molecule has 0 spiro atoms. The highest BCUT2D eigenvalue weighted by Crippen LogP contribution is 2.45. The standard InChI is InChI=1S/C27H34N6O2.C26H32N6O3.C21H24N6O.C15H11ClN4O.C11H22N2O2.C6H10O2/c1-16-11-21(14-28)25-23(12-16)18(3)24(27-30-19(4)32-35-27)26(31-25)33-8-5-22(13-17(33)2)29-15-20-6-9-34-10-7-20;1-14-10-18(13-27)22-20(11-14)16(3)21(24-28-17(4)31-35-24)23(30-22)32-9-8-19(12-15(32)2)29-25(33)34-26(5,6)7;1-11-7-15(10-22)19-17(8-11)13(3)18(21-24-14(4)26-28-21)20(25-19)27-6-5-16(23)9-12(27)2;1-7-4-10(6-17)13-11(5-7)8(2)12(14(16)19-13)15-18-9(3)20-21-15;1-8-7-9(5-6-12-8)13-10(14)15-11(2,3)4;7-5-6-1-3-8-4-2-6/h11-12,17,20,22,29H,5-10,13,15H2,1-4H3;10-11,15,19H,8-9,12H2,1-7H3,(H,29,33);7-8,12,16H,5-6,9,23H2,1-4H3;4-5H,1-3H3;8-9,12H,5-7H2,1-4H3,(H,13,14);5-6H,1-4H2/t17-,22-;15-,19-;12-,16-;;8-,9-;/m111.1./s1. The number of fused-ring (bicyclic) bond motifs is 4. The number of pyridine rings is 4. The first-order chi connectivity index (χ1) is 67.6. The summed E-state index contributed by atoms with van der Waals surface area (Å²) < 4.78 is 43.2. The molecule has 4 aromatic carbocycles. The van der Waals surface area contributed by atoms with E-state index in [2.05, 4.69) is 153 Å². The van der Waals surface area contributed by atoms with Gasteiger partial charge in [0.2, 0.25) is 0 Å². The van der Waals surface area contributed by atoms with Crippen LogP contribution in [0, 0.1) is 140 Å². The first-order valence-electron chi connectivity index (χ1n) is 49.0. The van der Waals surface area contributed by atoms with Crippen LogP contribution >= 0.6 is 11.6 Å². The molecular weight excluding hydrogens is 1820 g/mol. The number of nitrogens with zero attached hydrogens (tertiary/aromatic N) is 19. The molecule has 12 aromatic rings. The predicted molar refractivity (Wildman–Crippen MR) is 545 cm³/mol. The summed E-state index contributed by atoms with van der Waals surface area (Å²) in [5, 5.41) is 71.3. The number of amides is 2. The van der Waals surface area contributed by atoms with E-state index in [-0.39, 0.29) is 53.4 Å². The van der Waals surface area contributed by atoms with Crippen molar-refractivity contribution < 1.29 is 51.4 Å². The van der Waals surface area contributed by atoms with Gasteiger partial charge in [0.25, 0.3) is 23.6 Å². The van der Waals surface area contributed by atoms with Crippen LogP contribution in [-0.4, -0.2) is 198 Å². The number of hydrogen-bond acceptors (Lipinski definition) is 33. The molecule has 8 atom stereocenters. The Morgan fingerprint density at radius 2 is 0.782 bits per heavy atom. The summed E-state index contributed by atoms with van der Waals surface area (Å²) in [5.41, 5.74) is 21.0.